The van der Waals surface area contributed by atoms with Crippen LogP contribution in [0.1, 0.15) is 43.1 Å². The summed E-state index contributed by atoms with van der Waals surface area (Å²) < 4.78 is 0. The first-order valence-corrected chi connectivity index (χ1v) is 6.53. The van der Waals surface area contributed by atoms with E-state index >= 15 is 0 Å². The highest BCUT2D eigenvalue weighted by Crippen LogP contribution is 2.26. The summed E-state index contributed by atoms with van der Waals surface area (Å²) in [5, 5.41) is 12.9. The molecule has 2 heterocycles. The molecule has 1 fully saturated rings. The number of hydrogen-bond donors (Lipinski definition) is 3. The Bertz CT molecular complexity index is 408. The molecule has 0 atom stereocenters. The Labute approximate surface area is 107 Å². The first kappa shape index (κ1) is 13.0. The Hall–Kier alpha value is -1.43. The third-order valence-electron chi connectivity index (χ3n) is 3.56. The summed E-state index contributed by atoms with van der Waals surface area (Å²) in [4.78, 5) is 16.0. The van der Waals surface area contributed by atoms with E-state index in [-0.39, 0.29) is 17.1 Å². The number of H-pyrrole nitrogens is 1. The number of amides is 1. The van der Waals surface area contributed by atoms with E-state index < -0.39 is 0 Å². The maximum absolute atomic E-state index is 11.9. The van der Waals surface area contributed by atoms with Crippen molar-refractivity contribution in [3.05, 3.63) is 11.6 Å². The molecule has 1 aliphatic rings. The van der Waals surface area contributed by atoms with E-state index in [9.17, 15) is 4.79 Å². The lowest BCUT2D eigenvalue weighted by atomic mass is 9.81. The van der Waals surface area contributed by atoms with Crippen LogP contribution in [0.2, 0.25) is 0 Å². The molecule has 0 aliphatic carbocycles. The maximum atomic E-state index is 11.9. The summed E-state index contributed by atoms with van der Waals surface area (Å²) >= 11 is 0. The summed E-state index contributed by atoms with van der Waals surface area (Å²) in [6, 6.07) is 0. The highest BCUT2D eigenvalue weighted by Gasteiger charge is 2.27. The molecule has 1 saturated heterocycles. The van der Waals surface area contributed by atoms with Gasteiger partial charge < -0.3 is 10.6 Å². The first-order chi connectivity index (χ1) is 8.63. The second-order valence-electron chi connectivity index (χ2n) is 5.20. The third-order valence-corrected chi connectivity index (χ3v) is 3.56. The van der Waals surface area contributed by atoms with Gasteiger partial charge in [-0.1, -0.05) is 13.8 Å². The van der Waals surface area contributed by atoms with Gasteiger partial charge in [-0.05, 0) is 31.3 Å². The van der Waals surface area contributed by atoms with Crippen LogP contribution in [0.3, 0.4) is 0 Å². The van der Waals surface area contributed by atoms with Crippen LogP contribution in [0, 0.1) is 5.41 Å². The number of nitrogens with zero attached hydrogens (tertiary/aromatic N) is 2. The average molecular weight is 251 g/mol. The zero-order valence-corrected chi connectivity index (χ0v) is 11.0. The van der Waals surface area contributed by atoms with Crippen molar-refractivity contribution >= 4 is 5.91 Å². The van der Waals surface area contributed by atoms with Crippen LogP contribution < -0.4 is 10.6 Å². The minimum absolute atomic E-state index is 0.185. The van der Waals surface area contributed by atoms with Crippen molar-refractivity contribution in [1.82, 2.24) is 25.8 Å². The lowest BCUT2D eigenvalue weighted by Gasteiger charge is -2.33. The minimum Gasteiger partial charge on any atom is -0.349 e. The van der Waals surface area contributed by atoms with Gasteiger partial charge in [-0.25, -0.2) is 4.98 Å². The normalized spacial score (nSPS) is 18.6. The van der Waals surface area contributed by atoms with Crippen LogP contribution >= 0.6 is 0 Å². The van der Waals surface area contributed by atoms with Gasteiger partial charge in [-0.15, -0.1) is 5.10 Å². The molecule has 0 radical (unpaired) electrons. The number of nitrogens with one attached hydrogen (secondary N) is 3. The fraction of sp³-hybridized carbons (Fsp3) is 0.750. The Balaban J connectivity index is 1.87. The number of aryl methyl sites for hydroxylation is 1. The zero-order chi connectivity index (χ0) is 13.0. The molecule has 18 heavy (non-hydrogen) atoms. The summed E-state index contributed by atoms with van der Waals surface area (Å²) in [5.41, 5.74) is 0.185. The van der Waals surface area contributed by atoms with Crippen molar-refractivity contribution < 1.29 is 4.79 Å². The molecule has 0 unspecified atom stereocenters. The number of carbonyl (C=O) groups excluding carboxylic acids is 1. The molecular weight excluding hydrogens is 230 g/mol. The van der Waals surface area contributed by atoms with E-state index in [1.165, 1.54) is 0 Å². The molecule has 100 valence electrons. The topological polar surface area (TPSA) is 82.7 Å². The van der Waals surface area contributed by atoms with Crippen molar-refractivity contribution in [2.45, 2.75) is 33.1 Å². The monoisotopic (exact) mass is 251 g/mol. The molecule has 1 aliphatic heterocycles. The predicted molar refractivity (Wildman–Crippen MR) is 68.3 cm³/mol. The standard InChI is InChI=1S/C12H21N5O/c1-3-9-15-10(17-16-9)11(18)14-8-12(2)4-6-13-7-5-12/h13H,3-8H2,1-2H3,(H,14,18)(H,15,16,17). The average Bonchev–Trinajstić information content (AvgIpc) is 2.86. The molecule has 2 rings (SSSR count). The van der Waals surface area contributed by atoms with Crippen molar-refractivity contribution in [3.63, 3.8) is 0 Å². The van der Waals surface area contributed by atoms with Gasteiger partial charge in [0, 0.05) is 13.0 Å². The highest BCUT2D eigenvalue weighted by molar-refractivity contribution is 5.90. The van der Waals surface area contributed by atoms with E-state index in [0.29, 0.717) is 6.54 Å². The van der Waals surface area contributed by atoms with Gasteiger partial charge >= 0.3 is 0 Å². The van der Waals surface area contributed by atoms with E-state index in [1.54, 1.807) is 0 Å². The fourth-order valence-electron chi connectivity index (χ4n) is 2.13. The van der Waals surface area contributed by atoms with E-state index in [0.717, 1.165) is 38.2 Å². The van der Waals surface area contributed by atoms with Gasteiger partial charge in [0.1, 0.15) is 5.82 Å². The molecule has 1 amide bonds. The maximum Gasteiger partial charge on any atom is 0.290 e. The number of aromatic nitrogens is 3. The summed E-state index contributed by atoms with van der Waals surface area (Å²) in [6.45, 7) is 6.91. The quantitative estimate of drug-likeness (QED) is 0.727. The van der Waals surface area contributed by atoms with E-state index in [4.69, 9.17) is 0 Å². The number of aromatic amines is 1. The van der Waals surface area contributed by atoms with Crippen LogP contribution in [0.15, 0.2) is 0 Å². The van der Waals surface area contributed by atoms with Gasteiger partial charge in [0.25, 0.3) is 5.91 Å². The Kier molecular flexibility index (Phi) is 3.96. The van der Waals surface area contributed by atoms with Crippen LogP contribution in [0.5, 0.6) is 0 Å². The van der Waals surface area contributed by atoms with Gasteiger partial charge in [-0.3, -0.25) is 9.89 Å². The molecule has 1 aromatic rings. The summed E-state index contributed by atoms with van der Waals surface area (Å²) in [5.74, 6) is 0.795. The van der Waals surface area contributed by atoms with Gasteiger partial charge in [-0.2, -0.15) is 0 Å². The number of hydrogen-bond acceptors (Lipinski definition) is 4. The van der Waals surface area contributed by atoms with Crippen LogP contribution in [-0.2, 0) is 6.42 Å². The lowest BCUT2D eigenvalue weighted by molar-refractivity contribution is 0.0912. The SMILES string of the molecule is CCc1nc(C(=O)NCC2(C)CCNCC2)n[nH]1. The second-order valence-corrected chi connectivity index (χ2v) is 5.20. The van der Waals surface area contributed by atoms with Crippen LogP contribution in [0.4, 0.5) is 0 Å². The number of piperidine rings is 1. The molecule has 0 bridgehead atoms. The van der Waals surface area contributed by atoms with Crippen molar-refractivity contribution in [1.29, 1.82) is 0 Å². The molecule has 1 aromatic heterocycles. The lowest BCUT2D eigenvalue weighted by Crippen LogP contribution is -2.43. The Morgan fingerprint density at radius 1 is 1.44 bits per heavy atom. The molecule has 0 spiro atoms. The summed E-state index contributed by atoms with van der Waals surface area (Å²) in [6.07, 6.45) is 2.92. The predicted octanol–water partition coefficient (Wildman–Crippen LogP) is 0.487. The van der Waals surface area contributed by atoms with Crippen molar-refractivity contribution in [3.8, 4) is 0 Å². The molecule has 0 saturated carbocycles. The van der Waals surface area contributed by atoms with Gasteiger partial charge in [0.05, 0.1) is 0 Å². The second kappa shape index (κ2) is 5.48. The minimum atomic E-state index is -0.189. The van der Waals surface area contributed by atoms with Crippen molar-refractivity contribution in [2.24, 2.45) is 5.41 Å². The smallest absolute Gasteiger partial charge is 0.290 e. The Morgan fingerprint density at radius 3 is 2.78 bits per heavy atom. The highest BCUT2D eigenvalue weighted by atomic mass is 16.2. The number of rotatable bonds is 4. The molecule has 0 aromatic carbocycles. The van der Waals surface area contributed by atoms with Gasteiger partial charge in [0.15, 0.2) is 0 Å². The van der Waals surface area contributed by atoms with E-state index in [1.807, 2.05) is 6.92 Å². The first-order valence-electron chi connectivity index (χ1n) is 6.53. The van der Waals surface area contributed by atoms with Crippen molar-refractivity contribution in [2.75, 3.05) is 19.6 Å². The summed E-state index contributed by atoms with van der Waals surface area (Å²) in [7, 11) is 0. The number of carbonyl (C=O) groups is 1. The molecule has 3 N–H and O–H groups in total. The third kappa shape index (κ3) is 3.07. The Morgan fingerprint density at radius 2 is 2.17 bits per heavy atom. The molecular formula is C12H21N5O. The molecule has 6 heteroatoms. The van der Waals surface area contributed by atoms with Gasteiger partial charge in [0.2, 0.25) is 5.82 Å². The largest absolute Gasteiger partial charge is 0.349 e. The van der Waals surface area contributed by atoms with E-state index in [2.05, 4.69) is 32.7 Å². The zero-order valence-electron chi connectivity index (χ0n) is 11.0. The fourth-order valence-corrected chi connectivity index (χ4v) is 2.13. The van der Waals surface area contributed by atoms with Crippen LogP contribution in [-0.4, -0.2) is 40.7 Å². The van der Waals surface area contributed by atoms with Crippen LogP contribution in [0.25, 0.3) is 0 Å². The molecule has 6 nitrogen and oxygen atoms in total.